The lowest BCUT2D eigenvalue weighted by molar-refractivity contribution is -0.148. The molecule has 63 heavy (non-hydrogen) atoms. The van der Waals surface area contributed by atoms with E-state index >= 15 is 0 Å². The van der Waals surface area contributed by atoms with Crippen molar-refractivity contribution in [3.63, 3.8) is 0 Å². The Balaban J connectivity index is -0.000000145. The van der Waals surface area contributed by atoms with Gasteiger partial charge in [0, 0.05) is 46.5 Å². The van der Waals surface area contributed by atoms with Crippen molar-refractivity contribution in [2.24, 2.45) is 0 Å². The predicted molar refractivity (Wildman–Crippen MR) is 235 cm³/mol. The molecule has 4 atom stereocenters. The van der Waals surface area contributed by atoms with Crippen LogP contribution in [0.15, 0.2) is 75.1 Å². The Morgan fingerprint density at radius 2 is 1.21 bits per heavy atom. The number of allylic oxidation sites excluding steroid dienone is 1. The number of rotatable bonds is 14. The molecule has 0 radical (unpaired) electrons. The van der Waals surface area contributed by atoms with E-state index in [1.165, 1.54) is 26.6 Å². The summed E-state index contributed by atoms with van der Waals surface area (Å²) in [5.41, 5.74) is -0.771. The lowest BCUT2D eigenvalue weighted by Gasteiger charge is -2.05. The second kappa shape index (κ2) is 44.4. The summed E-state index contributed by atoms with van der Waals surface area (Å²) in [6, 6.07) is 0. The fourth-order valence-electron chi connectivity index (χ4n) is 2.30. The van der Waals surface area contributed by atoms with Gasteiger partial charge in [0.2, 0.25) is 0 Å². The molecule has 0 aromatic rings. The van der Waals surface area contributed by atoms with Gasteiger partial charge in [0.05, 0.1) is 98.8 Å². The number of carbonyl (C=O) groups is 4. The smallest absolute Gasteiger partial charge is 0.422 e. The van der Waals surface area contributed by atoms with Crippen LogP contribution in [0, 0.1) is 0 Å². The molecule has 19 heteroatoms. The molecule has 370 valence electrons. The van der Waals surface area contributed by atoms with Gasteiger partial charge >= 0.3 is 24.1 Å². The van der Waals surface area contributed by atoms with Gasteiger partial charge in [-0.2, -0.15) is 13.2 Å². The van der Waals surface area contributed by atoms with Crippen molar-refractivity contribution >= 4 is 23.7 Å². The normalized spacial score (nSPS) is 18.7. The maximum absolute atomic E-state index is 11.5. The van der Waals surface area contributed by atoms with Crippen molar-refractivity contribution in [2.45, 2.75) is 83.7 Å². The number of hydrogen-bond donors (Lipinski definition) is 0. The minimum atomic E-state index is -4.69. The minimum absolute atomic E-state index is 0.0341. The molecular formula is C44H77F3O16. The van der Waals surface area contributed by atoms with Crippen molar-refractivity contribution in [3.8, 4) is 0 Å². The molecule has 4 aliphatic rings. The lowest BCUT2D eigenvalue weighted by atomic mass is 10.2. The molecule has 0 aromatic heterocycles. The predicted octanol–water partition coefficient (Wildman–Crippen LogP) is 6.77. The zero-order chi connectivity index (χ0) is 50.7. The van der Waals surface area contributed by atoms with Gasteiger partial charge in [0.15, 0.2) is 5.78 Å². The second-order valence-electron chi connectivity index (χ2n) is 13.1. The van der Waals surface area contributed by atoms with Crippen molar-refractivity contribution in [1.82, 2.24) is 0 Å². The number of hydrogen-bond acceptors (Lipinski definition) is 16. The van der Waals surface area contributed by atoms with Crippen molar-refractivity contribution in [3.05, 3.63) is 75.1 Å². The highest BCUT2D eigenvalue weighted by Gasteiger charge is 2.43. The third-order valence-corrected chi connectivity index (χ3v) is 6.65. The van der Waals surface area contributed by atoms with Crippen LogP contribution in [0.4, 0.5) is 13.2 Å². The van der Waals surface area contributed by atoms with Crippen molar-refractivity contribution in [1.29, 1.82) is 0 Å². The molecule has 0 amide bonds. The molecule has 0 aliphatic carbocycles. The topological polar surface area (TPSA) is 192 Å². The van der Waals surface area contributed by atoms with Crippen LogP contribution in [-0.4, -0.2) is 163 Å². The summed E-state index contributed by atoms with van der Waals surface area (Å²) in [7, 11) is 11.6. The van der Waals surface area contributed by atoms with Crippen LogP contribution in [0.1, 0.15) is 48.0 Å². The Morgan fingerprint density at radius 3 is 1.30 bits per heavy atom. The maximum Gasteiger partial charge on any atom is 0.422 e. The van der Waals surface area contributed by atoms with Crippen LogP contribution in [-0.2, 0) is 76.0 Å². The Labute approximate surface area is 374 Å². The van der Waals surface area contributed by atoms with E-state index in [-0.39, 0.29) is 23.0 Å². The van der Waals surface area contributed by atoms with Gasteiger partial charge in [-0.1, -0.05) is 39.0 Å². The van der Waals surface area contributed by atoms with E-state index in [0.29, 0.717) is 43.5 Å². The van der Waals surface area contributed by atoms with E-state index in [2.05, 4.69) is 95.6 Å². The number of halogens is 3. The first-order valence-electron chi connectivity index (χ1n) is 18.9. The zero-order valence-electron chi connectivity index (χ0n) is 40.1. The van der Waals surface area contributed by atoms with Gasteiger partial charge in [-0.3, -0.25) is 4.79 Å². The largest absolute Gasteiger partial charge is 0.505 e. The first-order valence-corrected chi connectivity index (χ1v) is 18.9. The molecule has 4 heterocycles. The number of ketones is 1. The van der Waals surface area contributed by atoms with Crippen molar-refractivity contribution < 1.29 is 89.2 Å². The number of carbonyl (C=O) groups excluding carboxylic acids is 4. The van der Waals surface area contributed by atoms with Gasteiger partial charge in [-0.25, -0.2) is 14.4 Å². The summed E-state index contributed by atoms with van der Waals surface area (Å²) >= 11 is 0. The third kappa shape index (κ3) is 62.2. The van der Waals surface area contributed by atoms with Crippen LogP contribution in [0.3, 0.4) is 0 Å². The Kier molecular flexibility index (Phi) is 49.7. The monoisotopic (exact) mass is 919 g/mol. The summed E-state index contributed by atoms with van der Waals surface area (Å²) in [5, 5.41) is 0. The summed E-state index contributed by atoms with van der Waals surface area (Å²) < 4.78 is 89.4. The Hall–Kier alpha value is -4.21. The molecule has 0 aromatic carbocycles. The van der Waals surface area contributed by atoms with Gasteiger partial charge in [0.25, 0.3) is 0 Å². The summed E-state index contributed by atoms with van der Waals surface area (Å²) in [4.78, 5) is 40.5. The lowest BCUT2D eigenvalue weighted by Crippen LogP contribution is -2.19. The Bertz CT molecular complexity index is 1260. The number of esters is 3. The van der Waals surface area contributed by atoms with E-state index in [9.17, 15) is 32.3 Å². The first kappa shape index (κ1) is 70.5. The zero-order valence-corrected chi connectivity index (χ0v) is 40.1. The van der Waals surface area contributed by atoms with E-state index in [1.54, 1.807) is 48.5 Å². The number of epoxide rings is 4. The van der Waals surface area contributed by atoms with Crippen molar-refractivity contribution in [2.75, 3.05) is 103 Å². The summed E-state index contributed by atoms with van der Waals surface area (Å²) in [6.45, 7) is 36.3. The van der Waals surface area contributed by atoms with Crippen LogP contribution >= 0.6 is 0 Å². The third-order valence-electron chi connectivity index (χ3n) is 6.65. The average Bonchev–Trinajstić information content (AvgIpc) is 4.09. The summed E-state index contributed by atoms with van der Waals surface area (Å²) in [5.74, 6) is -2.16. The molecule has 0 bridgehead atoms. The molecule has 0 N–H and O–H groups in total. The van der Waals surface area contributed by atoms with Gasteiger partial charge < -0.3 is 56.8 Å². The standard InChI is InChI=1S/C6H10O2.C5H5F3O2.C5H10O2.C5H8O2.C5H10O.C4H8O2.C4H6O2.C4H8O.2C3H6O/c1-3-6(7)4-5-8-2;1-3(4(9)10-2)5(6,7)8;1-5(3-6-2)4-7-5;1-4(2)5(6)7-3;1-4-5(2,3)6-4;1-5-2-4-3-6-4;1-3-4(5)6-2;1-3-4-5-2;1-3-2-4-3;1-3-4-2/h3H,1,4-5H2,2H3;1H2,2H3;3-4H2,1-2H3;1H2,2-3H3;4H,1-3H3;4H,2-3H2,1H3;3H,1H2,2H3;3H,1,4H2,2H3;3H,2H2,1H3;3H,1H2,2H3. The van der Waals surface area contributed by atoms with E-state index in [4.69, 9.17) is 28.4 Å². The SMILES string of the molecule is C=C(C(=O)OC)C(F)(F)F.C=C(C)C(=O)OC.C=CC(=O)CCOC.C=CC(=O)OC.C=CCOC.C=COC.CC1CO1.CC1OC1(C)C.COCC1(C)CO1.COCC1CO1. The molecule has 4 fully saturated rings. The van der Waals surface area contributed by atoms with E-state index < -0.39 is 23.7 Å². The van der Waals surface area contributed by atoms with Gasteiger partial charge in [0.1, 0.15) is 17.3 Å². The van der Waals surface area contributed by atoms with Gasteiger partial charge in [-0.15, -0.1) is 6.58 Å². The van der Waals surface area contributed by atoms with Crippen LogP contribution in [0.25, 0.3) is 0 Å². The van der Waals surface area contributed by atoms with Crippen LogP contribution in [0.2, 0.25) is 0 Å². The highest BCUT2D eigenvalue weighted by Crippen LogP contribution is 2.34. The Morgan fingerprint density at radius 1 is 0.762 bits per heavy atom. The molecule has 4 rings (SSSR count). The maximum atomic E-state index is 11.5. The number of alkyl halides is 3. The van der Waals surface area contributed by atoms with Crippen LogP contribution in [0.5, 0.6) is 0 Å². The average molecular weight is 919 g/mol. The summed E-state index contributed by atoms with van der Waals surface area (Å²) in [6.07, 6.45) is 2.76. The minimum Gasteiger partial charge on any atom is -0.505 e. The molecule has 4 aliphatic heterocycles. The highest BCUT2D eigenvalue weighted by molar-refractivity contribution is 5.89. The fourth-order valence-corrected chi connectivity index (χ4v) is 2.30. The van der Waals surface area contributed by atoms with E-state index in [1.807, 2.05) is 6.92 Å². The molecular weight excluding hydrogens is 841 g/mol. The van der Waals surface area contributed by atoms with Crippen LogP contribution < -0.4 is 0 Å². The van der Waals surface area contributed by atoms with E-state index in [0.717, 1.165) is 46.2 Å². The quantitative estimate of drug-likeness (QED) is 0.0442. The number of methoxy groups -OCH3 is 8. The van der Waals surface area contributed by atoms with Gasteiger partial charge in [-0.05, 0) is 47.6 Å². The molecule has 0 spiro atoms. The molecule has 0 saturated carbocycles. The second-order valence-corrected chi connectivity index (χ2v) is 13.1. The number of ether oxygens (including phenoxy) is 12. The first-order chi connectivity index (χ1) is 29.2. The molecule has 16 nitrogen and oxygen atoms in total. The molecule has 4 unspecified atom stereocenters. The highest BCUT2D eigenvalue weighted by atomic mass is 19.4. The fraction of sp³-hybridized carbons (Fsp3) is 0.636. The molecule has 4 saturated heterocycles.